The summed E-state index contributed by atoms with van der Waals surface area (Å²) in [5.41, 5.74) is 2.22. The third kappa shape index (κ3) is 10.5. The van der Waals surface area contributed by atoms with Crippen molar-refractivity contribution in [3.05, 3.63) is 48.5 Å². The van der Waals surface area contributed by atoms with Crippen LogP contribution in [0.25, 0.3) is 11.1 Å². The molecule has 170 valence electrons. The minimum Gasteiger partial charge on any atom is -0.494 e. The highest BCUT2D eigenvalue weighted by atomic mass is 16.5. The second-order valence-electron chi connectivity index (χ2n) is 8.30. The van der Waals surface area contributed by atoms with Gasteiger partial charge in [-0.15, -0.1) is 0 Å². The molecule has 0 saturated carbocycles. The largest absolute Gasteiger partial charge is 0.494 e. The Hall–Kier alpha value is -2.29. The molecule has 31 heavy (non-hydrogen) atoms. The van der Waals surface area contributed by atoms with Gasteiger partial charge in [-0.05, 0) is 48.2 Å². The molecular weight excluding hydrogens is 384 g/mol. The lowest BCUT2D eigenvalue weighted by molar-refractivity contribution is -0.134. The molecule has 0 saturated heterocycles. The Morgan fingerprint density at radius 3 is 1.68 bits per heavy atom. The zero-order chi connectivity index (χ0) is 22.2. The molecule has 0 heterocycles. The van der Waals surface area contributed by atoms with E-state index in [1.807, 2.05) is 36.4 Å². The van der Waals surface area contributed by atoms with Gasteiger partial charge in [-0.2, -0.15) is 0 Å². The third-order valence-corrected chi connectivity index (χ3v) is 5.52. The Morgan fingerprint density at radius 2 is 1.10 bits per heavy atom. The van der Waals surface area contributed by atoms with Crippen LogP contribution in [-0.2, 0) is 4.79 Å². The van der Waals surface area contributed by atoms with Crippen molar-refractivity contribution < 1.29 is 14.3 Å². The summed E-state index contributed by atoms with van der Waals surface area (Å²) in [6, 6.07) is 15.9. The van der Waals surface area contributed by atoms with E-state index in [0.29, 0.717) is 12.2 Å². The molecule has 0 bridgehead atoms. The van der Waals surface area contributed by atoms with E-state index in [-0.39, 0.29) is 5.97 Å². The molecular formula is C28H40O3. The van der Waals surface area contributed by atoms with E-state index in [2.05, 4.69) is 26.0 Å². The number of esters is 1. The normalized spacial score (nSPS) is 10.8. The molecule has 2 rings (SSSR count). The van der Waals surface area contributed by atoms with E-state index in [1.165, 1.54) is 51.4 Å². The number of unbranched alkanes of at least 4 members (excludes halogenated alkanes) is 9. The SMILES string of the molecule is CCCCCCCCOc1ccc(-c2ccc(OC(=O)CCCCCCC)cc2)cc1. The second kappa shape index (κ2) is 15.5. The van der Waals surface area contributed by atoms with Crippen LogP contribution in [0.3, 0.4) is 0 Å². The number of carbonyl (C=O) groups is 1. The van der Waals surface area contributed by atoms with Crippen LogP contribution in [0.15, 0.2) is 48.5 Å². The molecule has 0 atom stereocenters. The maximum absolute atomic E-state index is 12.0. The number of benzene rings is 2. The van der Waals surface area contributed by atoms with Crippen LogP contribution >= 0.6 is 0 Å². The van der Waals surface area contributed by atoms with Gasteiger partial charge >= 0.3 is 5.97 Å². The highest BCUT2D eigenvalue weighted by molar-refractivity contribution is 5.73. The van der Waals surface area contributed by atoms with Crippen molar-refractivity contribution in [2.45, 2.75) is 90.9 Å². The number of carbonyl (C=O) groups excluding carboxylic acids is 1. The molecule has 0 aliphatic heterocycles. The monoisotopic (exact) mass is 424 g/mol. The fourth-order valence-electron chi connectivity index (χ4n) is 3.59. The molecule has 0 amide bonds. The maximum atomic E-state index is 12.0. The van der Waals surface area contributed by atoms with Crippen molar-refractivity contribution in [3.63, 3.8) is 0 Å². The topological polar surface area (TPSA) is 35.5 Å². The molecule has 0 aliphatic carbocycles. The fraction of sp³-hybridized carbons (Fsp3) is 0.536. The van der Waals surface area contributed by atoms with Crippen molar-refractivity contribution in [1.29, 1.82) is 0 Å². The Kier molecular flexibility index (Phi) is 12.5. The van der Waals surface area contributed by atoms with Crippen LogP contribution in [0.2, 0.25) is 0 Å². The molecule has 0 aliphatic rings. The summed E-state index contributed by atoms with van der Waals surface area (Å²) < 4.78 is 11.3. The van der Waals surface area contributed by atoms with E-state index < -0.39 is 0 Å². The Labute approximate surface area is 189 Å². The molecule has 2 aromatic carbocycles. The number of rotatable bonds is 16. The Morgan fingerprint density at radius 1 is 0.613 bits per heavy atom. The average molecular weight is 425 g/mol. The van der Waals surface area contributed by atoms with Gasteiger partial charge in [-0.1, -0.05) is 95.9 Å². The fourth-order valence-corrected chi connectivity index (χ4v) is 3.59. The van der Waals surface area contributed by atoms with Crippen LogP contribution in [-0.4, -0.2) is 12.6 Å². The van der Waals surface area contributed by atoms with Crippen LogP contribution in [0, 0.1) is 0 Å². The Balaban J connectivity index is 1.71. The van der Waals surface area contributed by atoms with Gasteiger partial charge in [0.1, 0.15) is 11.5 Å². The van der Waals surface area contributed by atoms with E-state index in [4.69, 9.17) is 9.47 Å². The minimum absolute atomic E-state index is 0.142. The highest BCUT2D eigenvalue weighted by Crippen LogP contribution is 2.25. The first-order valence-electron chi connectivity index (χ1n) is 12.3. The molecule has 2 aromatic rings. The van der Waals surface area contributed by atoms with Crippen LogP contribution in [0.1, 0.15) is 90.9 Å². The lowest BCUT2D eigenvalue weighted by Gasteiger charge is -2.08. The smallest absolute Gasteiger partial charge is 0.311 e. The highest BCUT2D eigenvalue weighted by Gasteiger charge is 2.06. The van der Waals surface area contributed by atoms with Gasteiger partial charge in [0.15, 0.2) is 0 Å². The lowest BCUT2D eigenvalue weighted by atomic mass is 10.1. The minimum atomic E-state index is -0.142. The molecule has 3 nitrogen and oxygen atoms in total. The zero-order valence-corrected chi connectivity index (χ0v) is 19.5. The first-order valence-corrected chi connectivity index (χ1v) is 12.3. The predicted molar refractivity (Wildman–Crippen MR) is 130 cm³/mol. The molecule has 0 aromatic heterocycles. The summed E-state index contributed by atoms with van der Waals surface area (Å²) in [6.45, 7) is 5.22. The van der Waals surface area contributed by atoms with Crippen molar-refractivity contribution in [3.8, 4) is 22.6 Å². The van der Waals surface area contributed by atoms with Gasteiger partial charge in [0.25, 0.3) is 0 Å². The van der Waals surface area contributed by atoms with Gasteiger partial charge in [0.05, 0.1) is 6.61 Å². The second-order valence-corrected chi connectivity index (χ2v) is 8.30. The zero-order valence-electron chi connectivity index (χ0n) is 19.5. The summed E-state index contributed by atoms with van der Waals surface area (Å²) >= 11 is 0. The van der Waals surface area contributed by atoms with Gasteiger partial charge in [-0.25, -0.2) is 0 Å². The molecule has 0 fully saturated rings. The molecule has 3 heteroatoms. The average Bonchev–Trinajstić information content (AvgIpc) is 2.79. The lowest BCUT2D eigenvalue weighted by Crippen LogP contribution is -2.07. The number of hydrogen-bond donors (Lipinski definition) is 0. The van der Waals surface area contributed by atoms with E-state index in [9.17, 15) is 4.79 Å². The molecule has 0 spiro atoms. The van der Waals surface area contributed by atoms with E-state index in [1.54, 1.807) is 0 Å². The summed E-state index contributed by atoms with van der Waals surface area (Å²) in [6.07, 6.45) is 13.8. The first-order chi connectivity index (χ1) is 15.2. The van der Waals surface area contributed by atoms with Gasteiger partial charge in [-0.3, -0.25) is 4.79 Å². The number of hydrogen-bond acceptors (Lipinski definition) is 3. The summed E-state index contributed by atoms with van der Waals surface area (Å²) in [5, 5.41) is 0. The van der Waals surface area contributed by atoms with E-state index in [0.717, 1.165) is 42.7 Å². The van der Waals surface area contributed by atoms with Crippen molar-refractivity contribution in [1.82, 2.24) is 0 Å². The molecule has 0 unspecified atom stereocenters. The standard InChI is InChI=1S/C28H40O3/c1-3-5-7-9-11-13-23-30-26-19-15-24(16-20-26)25-17-21-27(22-18-25)31-28(29)14-12-10-8-6-4-2/h15-22H,3-14,23H2,1-2H3. The van der Waals surface area contributed by atoms with Gasteiger partial charge in [0, 0.05) is 6.42 Å². The Bertz CT molecular complexity index is 719. The van der Waals surface area contributed by atoms with Crippen LogP contribution in [0.4, 0.5) is 0 Å². The quantitative estimate of drug-likeness (QED) is 0.154. The first kappa shape index (κ1) is 25.0. The molecule has 0 radical (unpaired) electrons. The predicted octanol–water partition coefficient (Wildman–Crippen LogP) is 8.36. The number of ether oxygens (including phenoxy) is 2. The third-order valence-electron chi connectivity index (χ3n) is 5.52. The summed E-state index contributed by atoms with van der Waals surface area (Å²) in [7, 11) is 0. The summed E-state index contributed by atoms with van der Waals surface area (Å²) in [5.74, 6) is 1.39. The maximum Gasteiger partial charge on any atom is 0.311 e. The van der Waals surface area contributed by atoms with E-state index >= 15 is 0 Å². The van der Waals surface area contributed by atoms with Crippen molar-refractivity contribution in [2.24, 2.45) is 0 Å². The van der Waals surface area contributed by atoms with Crippen LogP contribution < -0.4 is 9.47 Å². The summed E-state index contributed by atoms with van der Waals surface area (Å²) in [4.78, 5) is 12.0. The van der Waals surface area contributed by atoms with Crippen LogP contribution in [0.5, 0.6) is 11.5 Å². The van der Waals surface area contributed by atoms with Crippen molar-refractivity contribution >= 4 is 5.97 Å². The van der Waals surface area contributed by atoms with Gasteiger partial charge < -0.3 is 9.47 Å². The molecule has 0 N–H and O–H groups in total. The van der Waals surface area contributed by atoms with Gasteiger partial charge in [0.2, 0.25) is 0 Å². The van der Waals surface area contributed by atoms with Crippen molar-refractivity contribution in [2.75, 3.05) is 6.61 Å².